The van der Waals surface area contributed by atoms with E-state index in [9.17, 15) is 4.79 Å². The Hall–Kier alpha value is -1.96. The van der Waals surface area contributed by atoms with E-state index in [1.807, 2.05) is 18.3 Å². The average Bonchev–Trinajstić information content (AvgIpc) is 2.41. The van der Waals surface area contributed by atoms with E-state index < -0.39 is 0 Å². The molecule has 18 heavy (non-hydrogen) atoms. The lowest BCUT2D eigenvalue weighted by molar-refractivity contribution is 0.0972. The molecule has 2 heteroatoms. The van der Waals surface area contributed by atoms with Crippen molar-refractivity contribution in [3.63, 3.8) is 0 Å². The fourth-order valence-corrected chi connectivity index (χ4v) is 2.74. The van der Waals surface area contributed by atoms with Gasteiger partial charge in [0, 0.05) is 29.9 Å². The van der Waals surface area contributed by atoms with Crippen LogP contribution in [-0.4, -0.2) is 10.8 Å². The van der Waals surface area contributed by atoms with Crippen LogP contribution in [0.5, 0.6) is 0 Å². The van der Waals surface area contributed by atoms with Crippen molar-refractivity contribution in [2.24, 2.45) is 0 Å². The summed E-state index contributed by atoms with van der Waals surface area (Å²) in [6.07, 6.45) is 6.34. The Bertz CT molecular complexity index is 602. The molecule has 2 aromatic rings. The second-order valence-electron chi connectivity index (χ2n) is 4.78. The monoisotopic (exact) mass is 237 g/mol. The van der Waals surface area contributed by atoms with Crippen molar-refractivity contribution in [3.8, 4) is 11.1 Å². The summed E-state index contributed by atoms with van der Waals surface area (Å²) in [4.78, 5) is 16.0. The third kappa shape index (κ3) is 1.74. The largest absolute Gasteiger partial charge is 0.294 e. The number of carbonyl (C=O) groups is 1. The van der Waals surface area contributed by atoms with Gasteiger partial charge in [0.1, 0.15) is 0 Å². The van der Waals surface area contributed by atoms with Crippen molar-refractivity contribution in [2.45, 2.75) is 26.2 Å². The highest BCUT2D eigenvalue weighted by molar-refractivity contribution is 5.99. The number of nitrogens with zero attached hydrogens (tertiary/aromatic N) is 1. The van der Waals surface area contributed by atoms with Crippen molar-refractivity contribution >= 4 is 5.78 Å². The van der Waals surface area contributed by atoms with Gasteiger partial charge in [-0.3, -0.25) is 9.78 Å². The molecule has 2 nitrogen and oxygen atoms in total. The molecule has 0 unspecified atom stereocenters. The first-order chi connectivity index (χ1) is 8.77. The molecule has 0 radical (unpaired) electrons. The Morgan fingerprint density at radius 2 is 1.94 bits per heavy atom. The number of Topliss-reactive ketones (excluding diaryl/α,β-unsaturated/α-hetero) is 1. The molecule has 3 rings (SSSR count). The van der Waals surface area contributed by atoms with Crippen molar-refractivity contribution in [3.05, 3.63) is 53.3 Å². The van der Waals surface area contributed by atoms with Gasteiger partial charge in [-0.25, -0.2) is 0 Å². The number of fused-ring (bicyclic) bond motifs is 1. The number of aromatic nitrogens is 1. The number of benzene rings is 1. The van der Waals surface area contributed by atoms with Gasteiger partial charge < -0.3 is 0 Å². The molecule has 0 N–H and O–H groups in total. The summed E-state index contributed by atoms with van der Waals surface area (Å²) in [6.45, 7) is 2.11. The average molecular weight is 237 g/mol. The van der Waals surface area contributed by atoms with E-state index in [4.69, 9.17) is 0 Å². The third-order valence-electron chi connectivity index (χ3n) is 3.70. The highest BCUT2D eigenvalue weighted by Gasteiger charge is 2.20. The predicted octanol–water partition coefficient (Wildman–Crippen LogP) is 3.58. The van der Waals surface area contributed by atoms with E-state index in [0.717, 1.165) is 24.0 Å². The molecule has 0 aliphatic heterocycles. The fourth-order valence-electron chi connectivity index (χ4n) is 2.74. The Morgan fingerprint density at radius 3 is 2.72 bits per heavy atom. The third-order valence-corrected chi connectivity index (χ3v) is 3.70. The van der Waals surface area contributed by atoms with E-state index in [1.165, 1.54) is 16.7 Å². The summed E-state index contributed by atoms with van der Waals surface area (Å²) < 4.78 is 0. The van der Waals surface area contributed by atoms with E-state index in [2.05, 4.69) is 24.0 Å². The van der Waals surface area contributed by atoms with E-state index >= 15 is 0 Å². The Labute approximate surface area is 107 Å². The Morgan fingerprint density at radius 1 is 1.11 bits per heavy atom. The van der Waals surface area contributed by atoms with Crippen LogP contribution in [-0.2, 0) is 6.42 Å². The van der Waals surface area contributed by atoms with Crippen molar-refractivity contribution in [1.29, 1.82) is 0 Å². The second kappa shape index (κ2) is 4.37. The van der Waals surface area contributed by atoms with Crippen LogP contribution < -0.4 is 0 Å². The molecule has 0 saturated heterocycles. The summed E-state index contributed by atoms with van der Waals surface area (Å²) in [7, 11) is 0. The first-order valence-electron chi connectivity index (χ1n) is 6.33. The zero-order chi connectivity index (χ0) is 12.5. The van der Waals surface area contributed by atoms with Gasteiger partial charge in [-0.1, -0.05) is 18.2 Å². The van der Waals surface area contributed by atoms with Gasteiger partial charge in [0.25, 0.3) is 0 Å². The summed E-state index contributed by atoms with van der Waals surface area (Å²) in [5, 5.41) is 0. The standard InChI is InChI=1S/C16H15NO/c1-11-13(12-4-3-9-17-10-12)7-8-15-14(11)5-2-6-16(15)18/h3-4,7-10H,2,5-6H2,1H3. The van der Waals surface area contributed by atoms with Crippen molar-refractivity contribution < 1.29 is 4.79 Å². The molecule has 0 amide bonds. The maximum atomic E-state index is 11.9. The van der Waals surface area contributed by atoms with Crippen LogP contribution in [0.4, 0.5) is 0 Å². The van der Waals surface area contributed by atoms with Crippen molar-refractivity contribution in [2.75, 3.05) is 0 Å². The molecule has 0 bridgehead atoms. The molecule has 0 spiro atoms. The van der Waals surface area contributed by atoms with Gasteiger partial charge in [0.2, 0.25) is 0 Å². The van der Waals surface area contributed by atoms with E-state index in [1.54, 1.807) is 6.20 Å². The lowest BCUT2D eigenvalue weighted by Crippen LogP contribution is -2.12. The highest BCUT2D eigenvalue weighted by Crippen LogP contribution is 2.31. The number of rotatable bonds is 1. The van der Waals surface area contributed by atoms with Crippen LogP contribution in [0.1, 0.15) is 34.3 Å². The molecule has 90 valence electrons. The summed E-state index contributed by atoms with van der Waals surface area (Å²) >= 11 is 0. The summed E-state index contributed by atoms with van der Waals surface area (Å²) in [5.41, 5.74) is 5.69. The minimum atomic E-state index is 0.289. The predicted molar refractivity (Wildman–Crippen MR) is 71.7 cm³/mol. The zero-order valence-corrected chi connectivity index (χ0v) is 10.4. The minimum absolute atomic E-state index is 0.289. The minimum Gasteiger partial charge on any atom is -0.294 e. The molecular weight excluding hydrogens is 222 g/mol. The second-order valence-corrected chi connectivity index (χ2v) is 4.78. The molecule has 1 aliphatic rings. The van der Waals surface area contributed by atoms with Crippen LogP contribution in [0.3, 0.4) is 0 Å². The molecule has 1 aromatic carbocycles. The maximum Gasteiger partial charge on any atom is 0.163 e. The van der Waals surface area contributed by atoms with Gasteiger partial charge in [-0.15, -0.1) is 0 Å². The number of pyridine rings is 1. The molecule has 0 saturated carbocycles. The molecule has 1 aliphatic carbocycles. The van der Waals surface area contributed by atoms with Gasteiger partial charge >= 0.3 is 0 Å². The van der Waals surface area contributed by atoms with E-state index in [0.29, 0.717) is 6.42 Å². The van der Waals surface area contributed by atoms with Crippen molar-refractivity contribution in [1.82, 2.24) is 4.98 Å². The normalized spacial score (nSPS) is 14.4. The first kappa shape index (κ1) is 11.1. The Balaban J connectivity index is 2.17. The molecule has 1 heterocycles. The van der Waals surface area contributed by atoms with Gasteiger partial charge in [-0.05, 0) is 42.5 Å². The van der Waals surface area contributed by atoms with E-state index in [-0.39, 0.29) is 5.78 Å². The SMILES string of the molecule is Cc1c(-c2cccnc2)ccc2c1CCCC2=O. The maximum absolute atomic E-state index is 11.9. The van der Waals surface area contributed by atoms with Crippen LogP contribution in [0.15, 0.2) is 36.7 Å². The van der Waals surface area contributed by atoms with Crippen LogP contribution in [0.25, 0.3) is 11.1 Å². The Kier molecular flexibility index (Phi) is 2.71. The fraction of sp³-hybridized carbons (Fsp3) is 0.250. The number of carbonyl (C=O) groups excluding carboxylic acids is 1. The lowest BCUT2D eigenvalue weighted by Gasteiger charge is -2.19. The summed E-state index contributed by atoms with van der Waals surface area (Å²) in [5.74, 6) is 0.289. The zero-order valence-electron chi connectivity index (χ0n) is 10.4. The van der Waals surface area contributed by atoms with Gasteiger partial charge in [0.15, 0.2) is 5.78 Å². The van der Waals surface area contributed by atoms with Crippen LogP contribution in [0, 0.1) is 6.92 Å². The van der Waals surface area contributed by atoms with Crippen LogP contribution >= 0.6 is 0 Å². The molecule has 0 fully saturated rings. The van der Waals surface area contributed by atoms with Gasteiger partial charge in [0.05, 0.1) is 0 Å². The van der Waals surface area contributed by atoms with Gasteiger partial charge in [-0.2, -0.15) is 0 Å². The lowest BCUT2D eigenvalue weighted by atomic mass is 9.84. The topological polar surface area (TPSA) is 30.0 Å². The number of hydrogen-bond acceptors (Lipinski definition) is 2. The molecule has 1 aromatic heterocycles. The molecule has 0 atom stereocenters. The number of hydrogen-bond donors (Lipinski definition) is 0. The quantitative estimate of drug-likeness (QED) is 0.758. The number of ketones is 1. The summed E-state index contributed by atoms with van der Waals surface area (Å²) in [6, 6.07) is 8.03. The molecular formula is C16H15NO. The first-order valence-corrected chi connectivity index (χ1v) is 6.33. The highest BCUT2D eigenvalue weighted by atomic mass is 16.1. The van der Waals surface area contributed by atoms with Crippen LogP contribution in [0.2, 0.25) is 0 Å². The smallest absolute Gasteiger partial charge is 0.163 e.